The Morgan fingerprint density at radius 2 is 2.20 bits per heavy atom. The molecule has 25 heavy (non-hydrogen) atoms. The van der Waals surface area contributed by atoms with Crippen LogP contribution in [0.2, 0.25) is 0 Å². The summed E-state index contributed by atoms with van der Waals surface area (Å²) in [6, 6.07) is 9.74. The van der Waals surface area contributed by atoms with Crippen molar-refractivity contribution in [2.24, 2.45) is 0 Å². The summed E-state index contributed by atoms with van der Waals surface area (Å²) in [7, 11) is 0. The molecule has 1 N–H and O–H groups in total. The third kappa shape index (κ3) is 4.24. The van der Waals surface area contributed by atoms with E-state index in [9.17, 15) is 4.79 Å². The van der Waals surface area contributed by atoms with E-state index in [1.165, 1.54) is 11.3 Å². The average Bonchev–Trinajstić information content (AvgIpc) is 3.26. The van der Waals surface area contributed by atoms with Gasteiger partial charge in [-0.1, -0.05) is 23.4 Å². The second kappa shape index (κ2) is 7.48. The number of aromatic nitrogens is 2. The van der Waals surface area contributed by atoms with Gasteiger partial charge in [0.15, 0.2) is 6.10 Å². The molecule has 2 heterocycles. The van der Waals surface area contributed by atoms with Crippen molar-refractivity contribution in [3.05, 3.63) is 52.7 Å². The maximum absolute atomic E-state index is 12.2. The minimum absolute atomic E-state index is 0.164. The highest BCUT2D eigenvalue weighted by molar-refractivity contribution is 7.13. The van der Waals surface area contributed by atoms with Crippen molar-refractivity contribution >= 4 is 17.2 Å². The molecule has 0 spiro atoms. The standard InChI is InChI=1S/C18H19N3O3S/c1-11-6-7-12(2)14(9-11)23-13(3)18(22)19-10-16-20-17(21-24-16)15-5-4-8-25-15/h4-9,13H,10H2,1-3H3,(H,19,22)/t13-/m1/s1. The largest absolute Gasteiger partial charge is 0.481 e. The second-order valence-corrected chi connectivity index (χ2v) is 6.68. The second-order valence-electron chi connectivity index (χ2n) is 5.74. The third-order valence-corrected chi connectivity index (χ3v) is 4.51. The minimum Gasteiger partial charge on any atom is -0.481 e. The third-order valence-electron chi connectivity index (χ3n) is 3.64. The summed E-state index contributed by atoms with van der Waals surface area (Å²) in [5, 5.41) is 8.61. The molecule has 130 valence electrons. The van der Waals surface area contributed by atoms with Crippen LogP contribution < -0.4 is 10.1 Å². The van der Waals surface area contributed by atoms with Crippen molar-refractivity contribution in [3.63, 3.8) is 0 Å². The first-order valence-corrected chi connectivity index (χ1v) is 8.79. The number of hydrogen-bond donors (Lipinski definition) is 1. The average molecular weight is 357 g/mol. The summed E-state index contributed by atoms with van der Waals surface area (Å²) in [5.41, 5.74) is 2.07. The van der Waals surface area contributed by atoms with Gasteiger partial charge in [0.1, 0.15) is 5.75 Å². The van der Waals surface area contributed by atoms with Gasteiger partial charge in [-0.25, -0.2) is 0 Å². The van der Waals surface area contributed by atoms with E-state index in [2.05, 4.69) is 15.5 Å². The van der Waals surface area contributed by atoms with Crippen LogP contribution in [0.1, 0.15) is 23.9 Å². The summed E-state index contributed by atoms with van der Waals surface area (Å²) < 4.78 is 10.9. The molecular formula is C18H19N3O3S. The predicted molar refractivity (Wildman–Crippen MR) is 95.5 cm³/mol. The number of thiophene rings is 1. The molecule has 0 aliphatic heterocycles. The van der Waals surface area contributed by atoms with E-state index in [1.54, 1.807) is 6.92 Å². The SMILES string of the molecule is Cc1ccc(C)c(O[C@H](C)C(=O)NCc2nc(-c3cccs3)no2)c1. The van der Waals surface area contributed by atoms with E-state index in [4.69, 9.17) is 9.26 Å². The van der Waals surface area contributed by atoms with Crippen LogP contribution in [-0.4, -0.2) is 22.2 Å². The Kier molecular flexibility index (Phi) is 5.14. The fourth-order valence-electron chi connectivity index (χ4n) is 2.22. The van der Waals surface area contributed by atoms with E-state index < -0.39 is 6.10 Å². The number of nitrogens with one attached hydrogen (secondary N) is 1. The highest BCUT2D eigenvalue weighted by atomic mass is 32.1. The molecule has 1 atom stereocenters. The fourth-order valence-corrected chi connectivity index (χ4v) is 2.87. The molecule has 6 nitrogen and oxygen atoms in total. The molecule has 7 heteroatoms. The molecule has 0 bridgehead atoms. The van der Waals surface area contributed by atoms with Crippen molar-refractivity contribution < 1.29 is 14.1 Å². The van der Waals surface area contributed by atoms with E-state index in [0.29, 0.717) is 17.5 Å². The maximum Gasteiger partial charge on any atom is 0.261 e. The van der Waals surface area contributed by atoms with Crippen LogP contribution in [0.15, 0.2) is 40.2 Å². The summed E-state index contributed by atoms with van der Waals surface area (Å²) in [6.07, 6.45) is -0.625. The first-order chi connectivity index (χ1) is 12.0. The zero-order valence-electron chi connectivity index (χ0n) is 14.3. The predicted octanol–water partition coefficient (Wildman–Crippen LogP) is 3.50. The number of benzene rings is 1. The van der Waals surface area contributed by atoms with Gasteiger partial charge in [-0.05, 0) is 49.4 Å². The van der Waals surface area contributed by atoms with E-state index in [0.717, 1.165) is 16.0 Å². The van der Waals surface area contributed by atoms with Crippen molar-refractivity contribution in [1.82, 2.24) is 15.5 Å². The zero-order chi connectivity index (χ0) is 17.8. The highest BCUT2D eigenvalue weighted by Crippen LogP contribution is 2.22. The van der Waals surface area contributed by atoms with Gasteiger partial charge in [-0.2, -0.15) is 4.98 Å². The van der Waals surface area contributed by atoms with Crippen LogP contribution in [0.4, 0.5) is 0 Å². The molecule has 0 saturated heterocycles. The van der Waals surface area contributed by atoms with Gasteiger partial charge in [-0.3, -0.25) is 4.79 Å². The molecule has 1 amide bonds. The number of nitrogens with zero attached hydrogens (tertiary/aromatic N) is 2. The summed E-state index contributed by atoms with van der Waals surface area (Å²) in [4.78, 5) is 17.4. The maximum atomic E-state index is 12.2. The molecule has 1 aromatic carbocycles. The first kappa shape index (κ1) is 17.2. The van der Waals surface area contributed by atoms with Crippen LogP contribution >= 0.6 is 11.3 Å². The molecule has 3 aromatic rings. The molecule has 0 fully saturated rings. The lowest BCUT2D eigenvalue weighted by Gasteiger charge is -2.16. The number of amides is 1. The summed E-state index contributed by atoms with van der Waals surface area (Å²) in [6.45, 7) is 5.81. The number of ether oxygens (including phenoxy) is 1. The molecule has 0 aliphatic rings. The molecule has 0 unspecified atom stereocenters. The van der Waals surface area contributed by atoms with Crippen LogP contribution in [0.25, 0.3) is 10.7 Å². The highest BCUT2D eigenvalue weighted by Gasteiger charge is 2.17. The Morgan fingerprint density at radius 3 is 2.96 bits per heavy atom. The van der Waals surface area contributed by atoms with Crippen LogP contribution in [0.3, 0.4) is 0 Å². The van der Waals surface area contributed by atoms with E-state index in [1.807, 2.05) is 49.6 Å². The van der Waals surface area contributed by atoms with Gasteiger partial charge in [-0.15, -0.1) is 11.3 Å². The number of carbonyl (C=O) groups excluding carboxylic acids is 1. The zero-order valence-corrected chi connectivity index (χ0v) is 15.1. The van der Waals surface area contributed by atoms with Gasteiger partial charge in [0, 0.05) is 0 Å². The Bertz CT molecular complexity index is 858. The normalized spacial score (nSPS) is 12.0. The van der Waals surface area contributed by atoms with E-state index in [-0.39, 0.29) is 12.5 Å². The van der Waals surface area contributed by atoms with Crippen molar-refractivity contribution in [1.29, 1.82) is 0 Å². The van der Waals surface area contributed by atoms with Crippen molar-refractivity contribution in [2.45, 2.75) is 33.4 Å². The number of rotatable bonds is 6. The van der Waals surface area contributed by atoms with Crippen LogP contribution in [-0.2, 0) is 11.3 Å². The quantitative estimate of drug-likeness (QED) is 0.730. The van der Waals surface area contributed by atoms with Gasteiger partial charge >= 0.3 is 0 Å². The molecule has 2 aromatic heterocycles. The topological polar surface area (TPSA) is 77.2 Å². The molecule has 0 radical (unpaired) electrons. The molecule has 0 aliphatic carbocycles. The lowest BCUT2D eigenvalue weighted by molar-refractivity contribution is -0.127. The Labute approximate surface area is 149 Å². The van der Waals surface area contributed by atoms with Gasteiger partial charge < -0.3 is 14.6 Å². The number of hydrogen-bond acceptors (Lipinski definition) is 6. The first-order valence-electron chi connectivity index (χ1n) is 7.91. The van der Waals surface area contributed by atoms with Gasteiger partial charge in [0.25, 0.3) is 5.91 Å². The smallest absolute Gasteiger partial charge is 0.261 e. The number of carbonyl (C=O) groups is 1. The fraction of sp³-hybridized carbons (Fsp3) is 0.278. The Balaban J connectivity index is 1.56. The molecule has 3 rings (SSSR count). The Morgan fingerprint density at radius 1 is 1.36 bits per heavy atom. The molecular weight excluding hydrogens is 338 g/mol. The van der Waals surface area contributed by atoms with Crippen molar-refractivity contribution in [2.75, 3.05) is 0 Å². The lowest BCUT2D eigenvalue weighted by Crippen LogP contribution is -2.36. The Hall–Kier alpha value is -2.67. The minimum atomic E-state index is -0.625. The van der Waals surface area contributed by atoms with Crippen molar-refractivity contribution in [3.8, 4) is 16.5 Å². The summed E-state index contributed by atoms with van der Waals surface area (Å²) >= 11 is 1.53. The van der Waals surface area contributed by atoms with E-state index >= 15 is 0 Å². The van der Waals surface area contributed by atoms with Gasteiger partial charge in [0.05, 0.1) is 11.4 Å². The monoisotopic (exact) mass is 357 g/mol. The lowest BCUT2D eigenvalue weighted by atomic mass is 10.1. The summed E-state index contributed by atoms with van der Waals surface area (Å²) in [5.74, 6) is 1.35. The number of aryl methyl sites for hydroxylation is 2. The van der Waals surface area contributed by atoms with Crippen LogP contribution in [0.5, 0.6) is 5.75 Å². The van der Waals surface area contributed by atoms with Gasteiger partial charge in [0.2, 0.25) is 11.7 Å². The van der Waals surface area contributed by atoms with Crippen LogP contribution in [0, 0.1) is 13.8 Å². The molecule has 0 saturated carbocycles.